The summed E-state index contributed by atoms with van der Waals surface area (Å²) in [6.07, 6.45) is 3.69. The molecule has 1 heterocycles. The highest BCUT2D eigenvalue weighted by molar-refractivity contribution is 7.80. The number of thiocarbonyl (C=S) groups is 1. The van der Waals surface area contributed by atoms with Crippen molar-refractivity contribution >= 4 is 17.3 Å². The Bertz CT molecular complexity index is 476. The predicted molar refractivity (Wildman–Crippen MR) is 68.2 cm³/mol. The van der Waals surface area contributed by atoms with Crippen LogP contribution in [0.3, 0.4) is 0 Å². The van der Waals surface area contributed by atoms with Crippen molar-refractivity contribution in [1.82, 2.24) is 15.1 Å². The van der Waals surface area contributed by atoms with E-state index in [1.807, 2.05) is 31.3 Å². The molecule has 0 radical (unpaired) electrons. The maximum atomic E-state index is 5.22. The fourth-order valence-corrected chi connectivity index (χ4v) is 1.55. The van der Waals surface area contributed by atoms with E-state index in [4.69, 9.17) is 12.2 Å². The minimum Gasteiger partial charge on any atom is -0.357 e. The van der Waals surface area contributed by atoms with Gasteiger partial charge in [-0.25, -0.2) is 4.68 Å². The molecule has 0 atom stereocenters. The number of benzene rings is 1. The topological polar surface area (TPSA) is 29.9 Å². The summed E-state index contributed by atoms with van der Waals surface area (Å²) in [6, 6.07) is 10.1. The molecule has 0 spiro atoms. The molecule has 0 bridgehead atoms. The highest BCUT2D eigenvalue weighted by Gasteiger charge is 2.00. The van der Waals surface area contributed by atoms with Gasteiger partial charge in [0.25, 0.3) is 0 Å². The number of aryl methyl sites for hydroxylation is 1. The lowest BCUT2D eigenvalue weighted by atomic mass is 10.2. The number of hydrogen-bond donors (Lipinski definition) is 1. The van der Waals surface area contributed by atoms with Gasteiger partial charge >= 0.3 is 0 Å². The van der Waals surface area contributed by atoms with Crippen LogP contribution in [-0.4, -0.2) is 14.9 Å². The summed E-state index contributed by atoms with van der Waals surface area (Å²) < 4.78 is 1.67. The van der Waals surface area contributed by atoms with E-state index in [1.165, 1.54) is 5.56 Å². The summed E-state index contributed by atoms with van der Waals surface area (Å²) in [4.78, 5) is 0. The molecular formula is C12H13N3S. The molecule has 3 nitrogen and oxygen atoms in total. The van der Waals surface area contributed by atoms with Crippen molar-refractivity contribution in [3.8, 4) is 0 Å². The fraction of sp³-hybridized carbons (Fsp3) is 0.167. The molecule has 2 aromatic rings. The summed E-state index contributed by atoms with van der Waals surface area (Å²) in [5.74, 6) is 0. The smallest absolute Gasteiger partial charge is 0.194 e. The molecular weight excluding hydrogens is 218 g/mol. The second-order valence-corrected chi connectivity index (χ2v) is 3.99. The first kappa shape index (κ1) is 10.8. The zero-order valence-electron chi connectivity index (χ0n) is 9.05. The van der Waals surface area contributed by atoms with Crippen molar-refractivity contribution in [2.75, 3.05) is 0 Å². The molecule has 0 aliphatic carbocycles. The van der Waals surface area contributed by atoms with Gasteiger partial charge in [0, 0.05) is 12.7 Å². The van der Waals surface area contributed by atoms with Crippen LogP contribution in [0.1, 0.15) is 11.1 Å². The Morgan fingerprint density at radius 3 is 2.75 bits per heavy atom. The van der Waals surface area contributed by atoms with E-state index in [-0.39, 0.29) is 0 Å². The van der Waals surface area contributed by atoms with E-state index in [0.29, 0.717) is 5.11 Å². The Balaban J connectivity index is 1.94. The Morgan fingerprint density at radius 2 is 2.12 bits per heavy atom. The van der Waals surface area contributed by atoms with Gasteiger partial charge in [0.15, 0.2) is 5.11 Å². The van der Waals surface area contributed by atoms with Crippen LogP contribution in [0.15, 0.2) is 42.7 Å². The van der Waals surface area contributed by atoms with Gasteiger partial charge in [-0.05, 0) is 30.3 Å². The van der Waals surface area contributed by atoms with Gasteiger partial charge < -0.3 is 5.32 Å². The lowest BCUT2D eigenvalue weighted by Crippen LogP contribution is -2.27. The molecule has 0 aliphatic heterocycles. The summed E-state index contributed by atoms with van der Waals surface area (Å²) in [6.45, 7) is 2.71. The van der Waals surface area contributed by atoms with Crippen molar-refractivity contribution in [1.29, 1.82) is 0 Å². The van der Waals surface area contributed by atoms with E-state index >= 15 is 0 Å². The number of hydrogen-bond acceptors (Lipinski definition) is 2. The van der Waals surface area contributed by atoms with Crippen LogP contribution in [0.4, 0.5) is 0 Å². The first-order valence-corrected chi connectivity index (χ1v) is 5.50. The van der Waals surface area contributed by atoms with E-state index in [0.717, 1.165) is 12.1 Å². The third kappa shape index (κ3) is 2.67. The van der Waals surface area contributed by atoms with Crippen LogP contribution in [-0.2, 0) is 6.54 Å². The fourth-order valence-electron chi connectivity index (χ4n) is 1.38. The largest absolute Gasteiger partial charge is 0.357 e. The zero-order chi connectivity index (χ0) is 11.4. The zero-order valence-corrected chi connectivity index (χ0v) is 9.87. The molecule has 16 heavy (non-hydrogen) atoms. The Morgan fingerprint density at radius 1 is 1.38 bits per heavy atom. The third-order valence-electron chi connectivity index (χ3n) is 2.21. The maximum absolute atomic E-state index is 5.22. The lowest BCUT2D eigenvalue weighted by Gasteiger charge is -2.07. The highest BCUT2D eigenvalue weighted by Crippen LogP contribution is 1.98. The van der Waals surface area contributed by atoms with Crippen molar-refractivity contribution in [2.24, 2.45) is 0 Å². The van der Waals surface area contributed by atoms with Gasteiger partial charge in [-0.3, -0.25) is 0 Å². The molecule has 0 fully saturated rings. The molecule has 0 unspecified atom stereocenters. The lowest BCUT2D eigenvalue weighted by molar-refractivity contribution is 0.836. The second kappa shape index (κ2) is 4.90. The van der Waals surface area contributed by atoms with Gasteiger partial charge in [-0.1, -0.05) is 30.3 Å². The minimum atomic E-state index is 0.622. The average molecular weight is 231 g/mol. The van der Waals surface area contributed by atoms with Crippen LogP contribution in [0, 0.1) is 6.92 Å². The molecule has 1 N–H and O–H groups in total. The molecule has 1 aromatic carbocycles. The van der Waals surface area contributed by atoms with Crippen LogP contribution >= 0.6 is 12.2 Å². The van der Waals surface area contributed by atoms with Crippen molar-refractivity contribution < 1.29 is 0 Å². The van der Waals surface area contributed by atoms with E-state index in [1.54, 1.807) is 10.9 Å². The Hall–Kier alpha value is -1.68. The second-order valence-electron chi connectivity index (χ2n) is 3.61. The molecule has 4 heteroatoms. The minimum absolute atomic E-state index is 0.622. The van der Waals surface area contributed by atoms with E-state index < -0.39 is 0 Å². The maximum Gasteiger partial charge on any atom is 0.194 e. The summed E-state index contributed by atoms with van der Waals surface area (Å²) >= 11 is 5.22. The number of nitrogens with one attached hydrogen (secondary N) is 1. The van der Waals surface area contributed by atoms with Gasteiger partial charge in [0.2, 0.25) is 0 Å². The number of rotatable bonds is 2. The normalized spacial score (nSPS) is 10.1. The first-order chi connectivity index (χ1) is 7.75. The molecule has 0 aliphatic rings. The van der Waals surface area contributed by atoms with Gasteiger partial charge in [-0.2, -0.15) is 5.10 Å². The van der Waals surface area contributed by atoms with Crippen molar-refractivity contribution in [3.05, 3.63) is 53.9 Å². The molecule has 2 rings (SSSR count). The van der Waals surface area contributed by atoms with E-state index in [9.17, 15) is 0 Å². The van der Waals surface area contributed by atoms with Gasteiger partial charge in [-0.15, -0.1) is 0 Å². The average Bonchev–Trinajstić information content (AvgIpc) is 2.74. The highest BCUT2D eigenvalue weighted by atomic mass is 32.1. The van der Waals surface area contributed by atoms with E-state index in [2.05, 4.69) is 22.5 Å². The first-order valence-electron chi connectivity index (χ1n) is 5.09. The quantitative estimate of drug-likeness (QED) is 0.803. The van der Waals surface area contributed by atoms with Crippen LogP contribution < -0.4 is 5.32 Å². The Kier molecular flexibility index (Phi) is 3.31. The van der Waals surface area contributed by atoms with Gasteiger partial charge in [0.05, 0.1) is 6.20 Å². The van der Waals surface area contributed by atoms with Gasteiger partial charge in [0.1, 0.15) is 0 Å². The SMILES string of the molecule is Cc1cnn(C(=S)NCc2ccccc2)c1. The molecule has 1 aromatic heterocycles. The third-order valence-corrected chi connectivity index (χ3v) is 2.54. The molecule has 0 amide bonds. The number of nitrogens with zero attached hydrogens (tertiary/aromatic N) is 2. The molecule has 0 saturated carbocycles. The molecule has 82 valence electrons. The standard InChI is InChI=1S/C12H13N3S/c1-10-7-14-15(9-10)12(16)13-8-11-5-3-2-4-6-11/h2-7,9H,8H2,1H3,(H,13,16). The van der Waals surface area contributed by atoms with Crippen LogP contribution in [0.25, 0.3) is 0 Å². The Labute approximate surface area is 100 Å². The summed E-state index contributed by atoms with van der Waals surface area (Å²) in [5, 5.41) is 7.92. The van der Waals surface area contributed by atoms with Crippen LogP contribution in [0.2, 0.25) is 0 Å². The predicted octanol–water partition coefficient (Wildman–Crippen LogP) is 2.11. The summed E-state index contributed by atoms with van der Waals surface area (Å²) in [5.41, 5.74) is 2.30. The monoisotopic (exact) mass is 231 g/mol. The summed E-state index contributed by atoms with van der Waals surface area (Å²) in [7, 11) is 0. The van der Waals surface area contributed by atoms with Crippen molar-refractivity contribution in [3.63, 3.8) is 0 Å². The molecule has 0 saturated heterocycles. The van der Waals surface area contributed by atoms with Crippen LogP contribution in [0.5, 0.6) is 0 Å². The number of aromatic nitrogens is 2. The van der Waals surface area contributed by atoms with Crippen molar-refractivity contribution in [2.45, 2.75) is 13.5 Å².